The van der Waals surface area contributed by atoms with E-state index in [1.165, 1.54) is 6.07 Å². The van der Waals surface area contributed by atoms with Crippen LogP contribution >= 0.6 is 0 Å². The van der Waals surface area contributed by atoms with Crippen LogP contribution in [0, 0.1) is 11.3 Å². The van der Waals surface area contributed by atoms with E-state index in [9.17, 15) is 9.59 Å². The summed E-state index contributed by atoms with van der Waals surface area (Å²) in [7, 11) is 0. The van der Waals surface area contributed by atoms with E-state index in [4.69, 9.17) is 10.00 Å². The number of ether oxygens (including phenoxy) is 1. The van der Waals surface area contributed by atoms with Crippen LogP contribution in [0.4, 0.5) is 0 Å². The minimum absolute atomic E-state index is 0.0566. The van der Waals surface area contributed by atoms with Crippen molar-refractivity contribution in [1.29, 1.82) is 5.26 Å². The third-order valence-corrected chi connectivity index (χ3v) is 3.82. The van der Waals surface area contributed by atoms with E-state index in [0.717, 1.165) is 31.5 Å². The molecule has 22 heavy (non-hydrogen) atoms. The summed E-state index contributed by atoms with van der Waals surface area (Å²) in [6, 6.07) is 6.45. The lowest BCUT2D eigenvalue weighted by Gasteiger charge is -2.10. The van der Waals surface area contributed by atoms with Gasteiger partial charge in [0.15, 0.2) is 6.61 Å². The Morgan fingerprint density at radius 2 is 2.23 bits per heavy atom. The van der Waals surface area contributed by atoms with Gasteiger partial charge in [-0.1, -0.05) is 6.42 Å². The monoisotopic (exact) mass is 297 g/mol. The van der Waals surface area contributed by atoms with Gasteiger partial charge >= 0.3 is 5.97 Å². The smallest absolute Gasteiger partial charge is 0.339 e. The lowest BCUT2D eigenvalue weighted by atomic mass is 10.1. The molecule has 2 aromatic rings. The van der Waals surface area contributed by atoms with Crippen molar-refractivity contribution < 1.29 is 9.53 Å². The molecule has 1 aliphatic rings. The Morgan fingerprint density at radius 3 is 3.05 bits per heavy atom. The number of nitrogens with zero attached hydrogens (tertiary/aromatic N) is 3. The van der Waals surface area contributed by atoms with Gasteiger partial charge in [-0.05, 0) is 31.0 Å². The standard InChI is InChI=1S/C16H15N3O3/c17-7-9-22-16(21)11-5-6-12-13(10-11)18-14-4-2-1-3-8-19(14)15(12)20/h5-6,10H,1-4,8-9H2. The summed E-state index contributed by atoms with van der Waals surface area (Å²) in [4.78, 5) is 28.9. The first kappa shape index (κ1) is 14.3. The van der Waals surface area contributed by atoms with E-state index in [1.807, 2.05) is 0 Å². The van der Waals surface area contributed by atoms with Crippen LogP contribution in [0.15, 0.2) is 23.0 Å². The normalized spacial score (nSPS) is 14.0. The molecule has 0 bridgehead atoms. The molecule has 0 unspecified atom stereocenters. The Bertz CT molecular complexity index is 833. The molecule has 6 heteroatoms. The molecule has 1 aliphatic heterocycles. The zero-order chi connectivity index (χ0) is 15.5. The van der Waals surface area contributed by atoms with Gasteiger partial charge in [-0.3, -0.25) is 9.36 Å². The van der Waals surface area contributed by atoms with E-state index in [1.54, 1.807) is 22.8 Å². The molecule has 0 spiro atoms. The molecule has 6 nitrogen and oxygen atoms in total. The van der Waals surface area contributed by atoms with Gasteiger partial charge < -0.3 is 4.74 Å². The van der Waals surface area contributed by atoms with Gasteiger partial charge in [-0.15, -0.1) is 0 Å². The summed E-state index contributed by atoms with van der Waals surface area (Å²) in [6.45, 7) is 0.403. The summed E-state index contributed by atoms with van der Waals surface area (Å²) in [5, 5.41) is 8.95. The Morgan fingerprint density at radius 1 is 1.36 bits per heavy atom. The van der Waals surface area contributed by atoms with E-state index >= 15 is 0 Å². The molecule has 0 radical (unpaired) electrons. The molecule has 0 amide bonds. The van der Waals surface area contributed by atoms with Crippen molar-refractivity contribution in [2.24, 2.45) is 0 Å². The molecule has 0 N–H and O–H groups in total. The van der Waals surface area contributed by atoms with E-state index < -0.39 is 5.97 Å². The van der Waals surface area contributed by atoms with E-state index in [-0.39, 0.29) is 12.2 Å². The molecule has 0 saturated heterocycles. The van der Waals surface area contributed by atoms with Crippen LogP contribution in [0.25, 0.3) is 10.9 Å². The van der Waals surface area contributed by atoms with E-state index in [2.05, 4.69) is 4.98 Å². The molecule has 2 heterocycles. The van der Waals surface area contributed by atoms with Gasteiger partial charge in [0, 0.05) is 13.0 Å². The number of nitriles is 1. The highest BCUT2D eigenvalue weighted by molar-refractivity contribution is 5.94. The van der Waals surface area contributed by atoms with Crippen LogP contribution in [0.3, 0.4) is 0 Å². The number of carbonyl (C=O) groups is 1. The maximum atomic E-state index is 12.5. The van der Waals surface area contributed by atoms with Crippen molar-refractivity contribution in [3.05, 3.63) is 39.9 Å². The molecule has 3 rings (SSSR count). The fourth-order valence-electron chi connectivity index (χ4n) is 2.73. The van der Waals surface area contributed by atoms with E-state index in [0.29, 0.717) is 23.0 Å². The predicted molar refractivity (Wildman–Crippen MR) is 79.5 cm³/mol. The predicted octanol–water partition coefficient (Wildman–Crippen LogP) is 1.80. The zero-order valence-electron chi connectivity index (χ0n) is 12.0. The molecule has 0 atom stereocenters. The molecule has 0 saturated carbocycles. The Balaban J connectivity index is 2.08. The highest BCUT2D eigenvalue weighted by atomic mass is 16.5. The molecular weight excluding hydrogens is 282 g/mol. The summed E-state index contributed by atoms with van der Waals surface area (Å²) in [5.74, 6) is 0.192. The molecule has 0 aliphatic carbocycles. The van der Waals surface area contributed by atoms with Crippen LogP contribution in [-0.4, -0.2) is 22.1 Å². The van der Waals surface area contributed by atoms with Crippen LogP contribution in [0.1, 0.15) is 35.4 Å². The summed E-state index contributed by atoms with van der Waals surface area (Å²) in [6.07, 6.45) is 3.86. The summed E-state index contributed by atoms with van der Waals surface area (Å²) in [5.41, 5.74) is 0.747. The SMILES string of the molecule is N#CCOC(=O)c1ccc2c(=O)n3c(nc2c1)CCCCC3. The van der Waals surface area contributed by atoms with Crippen LogP contribution in [0.5, 0.6) is 0 Å². The summed E-state index contributed by atoms with van der Waals surface area (Å²) >= 11 is 0. The maximum Gasteiger partial charge on any atom is 0.339 e. The fourth-order valence-corrected chi connectivity index (χ4v) is 2.73. The quantitative estimate of drug-likeness (QED) is 0.789. The van der Waals surface area contributed by atoms with Gasteiger partial charge in [0.2, 0.25) is 0 Å². The number of carbonyl (C=O) groups excluding carboxylic acids is 1. The van der Waals surface area contributed by atoms with Crippen LogP contribution in [0.2, 0.25) is 0 Å². The lowest BCUT2D eigenvalue weighted by molar-refractivity contribution is 0.0555. The average molecular weight is 297 g/mol. The minimum atomic E-state index is -0.583. The zero-order valence-corrected chi connectivity index (χ0v) is 12.0. The molecule has 1 aromatic heterocycles. The van der Waals surface area contributed by atoms with Crippen molar-refractivity contribution in [2.75, 3.05) is 6.61 Å². The van der Waals surface area contributed by atoms with Crippen LogP contribution < -0.4 is 5.56 Å². The summed E-state index contributed by atoms with van der Waals surface area (Å²) < 4.78 is 6.52. The minimum Gasteiger partial charge on any atom is -0.447 e. The first-order valence-electron chi connectivity index (χ1n) is 7.28. The molecular formula is C16H15N3O3. The number of hydrogen-bond donors (Lipinski definition) is 0. The first-order chi connectivity index (χ1) is 10.7. The Labute approximate surface area is 127 Å². The number of aromatic nitrogens is 2. The van der Waals surface area contributed by atoms with Gasteiger partial charge in [-0.2, -0.15) is 5.26 Å². The second-order valence-corrected chi connectivity index (χ2v) is 5.26. The molecule has 112 valence electrons. The maximum absolute atomic E-state index is 12.5. The van der Waals surface area contributed by atoms with Crippen LogP contribution in [-0.2, 0) is 17.7 Å². The third-order valence-electron chi connectivity index (χ3n) is 3.82. The lowest BCUT2D eigenvalue weighted by Crippen LogP contribution is -2.24. The fraction of sp³-hybridized carbons (Fsp3) is 0.375. The number of benzene rings is 1. The first-order valence-corrected chi connectivity index (χ1v) is 7.28. The van der Waals surface area contributed by atoms with Gasteiger partial charge in [0.05, 0.1) is 16.5 Å². The highest BCUT2D eigenvalue weighted by Gasteiger charge is 2.15. The van der Waals surface area contributed by atoms with Crippen molar-refractivity contribution >= 4 is 16.9 Å². The third kappa shape index (κ3) is 2.58. The van der Waals surface area contributed by atoms with Crippen molar-refractivity contribution in [3.63, 3.8) is 0 Å². The van der Waals surface area contributed by atoms with Crippen molar-refractivity contribution in [1.82, 2.24) is 9.55 Å². The number of hydrogen-bond acceptors (Lipinski definition) is 5. The number of aryl methyl sites for hydroxylation is 1. The van der Waals surface area contributed by atoms with Gasteiger partial charge in [-0.25, -0.2) is 9.78 Å². The largest absolute Gasteiger partial charge is 0.447 e. The topological polar surface area (TPSA) is 85.0 Å². The molecule has 1 aromatic carbocycles. The highest BCUT2D eigenvalue weighted by Crippen LogP contribution is 2.16. The Kier molecular flexibility index (Phi) is 3.88. The number of rotatable bonds is 2. The van der Waals surface area contributed by atoms with Gasteiger partial charge in [0.25, 0.3) is 5.56 Å². The average Bonchev–Trinajstić information content (AvgIpc) is 2.78. The second kappa shape index (κ2) is 5.98. The number of fused-ring (bicyclic) bond motifs is 2. The Hall–Kier alpha value is -2.68. The second-order valence-electron chi connectivity index (χ2n) is 5.26. The number of esters is 1. The van der Waals surface area contributed by atoms with Crippen molar-refractivity contribution in [3.8, 4) is 6.07 Å². The van der Waals surface area contributed by atoms with Gasteiger partial charge in [0.1, 0.15) is 11.9 Å². The van der Waals surface area contributed by atoms with Crippen molar-refractivity contribution in [2.45, 2.75) is 32.2 Å². The molecule has 0 fully saturated rings.